The third-order valence-electron chi connectivity index (χ3n) is 3.14. The molecule has 128 valence electrons. The molecule has 0 radical (unpaired) electrons. The zero-order valence-corrected chi connectivity index (χ0v) is 15.7. The van der Waals surface area contributed by atoms with Crippen LogP contribution in [-0.2, 0) is 0 Å². The van der Waals surface area contributed by atoms with E-state index in [1.165, 1.54) is 0 Å². The Morgan fingerprint density at radius 3 is 2.46 bits per heavy atom. The fraction of sp³-hybridized carbons (Fsp3) is 0.316. The van der Waals surface area contributed by atoms with Gasteiger partial charge in [0.05, 0.1) is 17.2 Å². The first-order chi connectivity index (χ1) is 11.5. The van der Waals surface area contributed by atoms with Crippen LogP contribution in [0.5, 0.6) is 11.5 Å². The first-order valence-corrected chi connectivity index (χ1v) is 8.79. The van der Waals surface area contributed by atoms with E-state index in [1.807, 2.05) is 38.1 Å². The van der Waals surface area contributed by atoms with E-state index in [0.717, 1.165) is 28.1 Å². The molecule has 0 heterocycles. The maximum Gasteiger partial charge on any atom is 0.255 e. The van der Waals surface area contributed by atoms with Crippen molar-refractivity contribution in [1.82, 2.24) is 0 Å². The van der Waals surface area contributed by atoms with Crippen LogP contribution in [0.1, 0.15) is 37.6 Å². The summed E-state index contributed by atoms with van der Waals surface area (Å²) >= 11 is 3.44. The summed E-state index contributed by atoms with van der Waals surface area (Å²) in [6, 6.07) is 12.6. The highest BCUT2D eigenvalue weighted by Crippen LogP contribution is 2.27. The molecule has 0 saturated carbocycles. The molecule has 4 nitrogen and oxygen atoms in total. The summed E-state index contributed by atoms with van der Waals surface area (Å²) in [6.07, 6.45) is 1.04. The first kappa shape index (κ1) is 18.3. The average Bonchev–Trinajstić information content (AvgIpc) is 2.55. The van der Waals surface area contributed by atoms with E-state index in [4.69, 9.17) is 9.47 Å². The minimum atomic E-state index is -0.172. The third-order valence-corrected chi connectivity index (χ3v) is 3.76. The molecule has 0 aliphatic carbocycles. The highest BCUT2D eigenvalue weighted by molar-refractivity contribution is 9.10. The number of ether oxygens (including phenoxy) is 2. The molecule has 0 fully saturated rings. The summed E-state index contributed by atoms with van der Waals surface area (Å²) in [5.41, 5.74) is 1.28. The Kier molecular flexibility index (Phi) is 6.67. The van der Waals surface area contributed by atoms with Gasteiger partial charge in [0, 0.05) is 11.3 Å². The van der Waals surface area contributed by atoms with Gasteiger partial charge in [-0.15, -0.1) is 0 Å². The molecule has 5 heteroatoms. The summed E-state index contributed by atoms with van der Waals surface area (Å²) in [6.45, 7) is 6.66. The number of carbonyl (C=O) groups is 1. The van der Waals surface area contributed by atoms with Crippen molar-refractivity contribution in [3.05, 3.63) is 52.5 Å². The summed E-state index contributed by atoms with van der Waals surface area (Å²) < 4.78 is 11.9. The molecule has 0 atom stereocenters. The van der Waals surface area contributed by atoms with Crippen molar-refractivity contribution in [2.45, 2.75) is 33.3 Å². The smallest absolute Gasteiger partial charge is 0.255 e. The molecule has 2 rings (SSSR count). The van der Waals surface area contributed by atoms with Crippen LogP contribution in [0.4, 0.5) is 5.69 Å². The summed E-state index contributed by atoms with van der Waals surface area (Å²) in [5, 5.41) is 2.87. The summed E-state index contributed by atoms with van der Waals surface area (Å²) in [4.78, 5) is 12.4. The summed E-state index contributed by atoms with van der Waals surface area (Å²) in [5.74, 6) is 1.35. The van der Waals surface area contributed by atoms with Crippen LogP contribution in [0.25, 0.3) is 0 Å². The molecular formula is C19H22BrNO3. The molecule has 0 aliphatic rings. The fourth-order valence-corrected chi connectivity index (χ4v) is 2.52. The van der Waals surface area contributed by atoms with E-state index in [2.05, 4.69) is 28.2 Å². The predicted molar refractivity (Wildman–Crippen MR) is 100 cm³/mol. The number of carbonyl (C=O) groups excluding carboxylic acids is 1. The topological polar surface area (TPSA) is 47.6 Å². The Bertz CT molecular complexity index is 684. The van der Waals surface area contributed by atoms with Crippen molar-refractivity contribution in [3.8, 4) is 11.5 Å². The van der Waals surface area contributed by atoms with E-state index in [-0.39, 0.29) is 12.0 Å². The van der Waals surface area contributed by atoms with Gasteiger partial charge in [-0.2, -0.15) is 0 Å². The van der Waals surface area contributed by atoms with Gasteiger partial charge in [-0.1, -0.05) is 6.92 Å². The van der Waals surface area contributed by atoms with Crippen LogP contribution < -0.4 is 14.8 Å². The number of hydrogen-bond donors (Lipinski definition) is 1. The molecule has 0 aliphatic heterocycles. The number of rotatable bonds is 7. The molecule has 0 bridgehead atoms. The molecule has 1 N–H and O–H groups in total. The lowest BCUT2D eigenvalue weighted by atomic mass is 10.2. The van der Waals surface area contributed by atoms with Crippen LogP contribution in [0.2, 0.25) is 0 Å². The van der Waals surface area contributed by atoms with E-state index >= 15 is 0 Å². The number of nitrogens with one attached hydrogen (secondary N) is 1. The minimum Gasteiger partial charge on any atom is -0.494 e. The zero-order chi connectivity index (χ0) is 17.5. The third kappa shape index (κ3) is 5.27. The monoisotopic (exact) mass is 391 g/mol. The number of hydrogen-bond acceptors (Lipinski definition) is 3. The first-order valence-electron chi connectivity index (χ1n) is 8.00. The average molecular weight is 392 g/mol. The Morgan fingerprint density at radius 1 is 1.17 bits per heavy atom. The van der Waals surface area contributed by atoms with Crippen LogP contribution in [-0.4, -0.2) is 18.6 Å². The predicted octanol–water partition coefficient (Wildman–Crippen LogP) is 5.28. The number of amides is 1. The van der Waals surface area contributed by atoms with Gasteiger partial charge in [0.2, 0.25) is 0 Å². The quantitative estimate of drug-likeness (QED) is 0.698. The highest BCUT2D eigenvalue weighted by Gasteiger charge is 2.10. The lowest BCUT2D eigenvalue weighted by Gasteiger charge is -2.12. The van der Waals surface area contributed by atoms with Crippen molar-refractivity contribution < 1.29 is 14.3 Å². The minimum absolute atomic E-state index is 0.0782. The Labute approximate surface area is 151 Å². The van der Waals surface area contributed by atoms with Crippen LogP contribution in [0.3, 0.4) is 0 Å². The van der Waals surface area contributed by atoms with E-state index in [0.29, 0.717) is 12.2 Å². The SMILES string of the molecule is CCCOc1ccc(NC(=O)c2ccc(OC(C)C)c(Br)c2)cc1. The second-order valence-corrected chi connectivity index (χ2v) is 6.49. The maximum absolute atomic E-state index is 12.4. The van der Waals surface area contributed by atoms with Crippen LogP contribution in [0, 0.1) is 0 Å². The van der Waals surface area contributed by atoms with Crippen LogP contribution >= 0.6 is 15.9 Å². The molecule has 0 aromatic heterocycles. The lowest BCUT2D eigenvalue weighted by Crippen LogP contribution is -2.12. The van der Waals surface area contributed by atoms with Crippen molar-refractivity contribution in [2.75, 3.05) is 11.9 Å². The van der Waals surface area contributed by atoms with E-state index < -0.39 is 0 Å². The molecular weight excluding hydrogens is 370 g/mol. The standard InChI is InChI=1S/C19H22BrNO3/c1-4-11-23-16-8-6-15(7-9-16)21-19(22)14-5-10-18(17(20)12-14)24-13(2)3/h5-10,12-13H,4,11H2,1-3H3,(H,21,22). The van der Waals surface area contributed by atoms with Crippen molar-refractivity contribution in [1.29, 1.82) is 0 Å². The van der Waals surface area contributed by atoms with Crippen LogP contribution in [0.15, 0.2) is 46.9 Å². The van der Waals surface area contributed by atoms with Crippen molar-refractivity contribution >= 4 is 27.5 Å². The number of benzene rings is 2. The summed E-state index contributed by atoms with van der Waals surface area (Å²) in [7, 11) is 0. The molecule has 24 heavy (non-hydrogen) atoms. The zero-order valence-electron chi connectivity index (χ0n) is 14.1. The second kappa shape index (κ2) is 8.73. The number of anilines is 1. The Balaban J connectivity index is 2.02. The Hall–Kier alpha value is -2.01. The second-order valence-electron chi connectivity index (χ2n) is 5.64. The van der Waals surface area contributed by atoms with Gasteiger partial charge in [0.15, 0.2) is 0 Å². The van der Waals surface area contributed by atoms with E-state index in [1.54, 1.807) is 18.2 Å². The molecule has 0 unspecified atom stereocenters. The maximum atomic E-state index is 12.4. The number of halogens is 1. The molecule has 0 saturated heterocycles. The lowest BCUT2D eigenvalue weighted by molar-refractivity contribution is 0.102. The molecule has 2 aromatic carbocycles. The highest BCUT2D eigenvalue weighted by atomic mass is 79.9. The van der Waals surface area contributed by atoms with Gasteiger partial charge in [-0.3, -0.25) is 4.79 Å². The van der Waals surface area contributed by atoms with Crippen molar-refractivity contribution in [3.63, 3.8) is 0 Å². The molecule has 1 amide bonds. The normalized spacial score (nSPS) is 10.5. The van der Waals surface area contributed by atoms with Gasteiger partial charge in [-0.25, -0.2) is 0 Å². The Morgan fingerprint density at radius 2 is 1.88 bits per heavy atom. The fourth-order valence-electron chi connectivity index (χ4n) is 2.05. The van der Waals surface area contributed by atoms with Gasteiger partial charge >= 0.3 is 0 Å². The van der Waals surface area contributed by atoms with Gasteiger partial charge in [-0.05, 0) is 78.7 Å². The van der Waals surface area contributed by atoms with Gasteiger partial charge < -0.3 is 14.8 Å². The van der Waals surface area contributed by atoms with Gasteiger partial charge in [0.25, 0.3) is 5.91 Å². The molecule has 0 spiro atoms. The largest absolute Gasteiger partial charge is 0.494 e. The van der Waals surface area contributed by atoms with E-state index in [9.17, 15) is 4.79 Å². The van der Waals surface area contributed by atoms with Gasteiger partial charge in [0.1, 0.15) is 11.5 Å². The molecule has 2 aromatic rings. The van der Waals surface area contributed by atoms with Crippen molar-refractivity contribution in [2.24, 2.45) is 0 Å².